The summed E-state index contributed by atoms with van der Waals surface area (Å²) in [6.45, 7) is 3.43. The number of rotatable bonds is 9. The summed E-state index contributed by atoms with van der Waals surface area (Å²) in [4.78, 5) is 34.0. The van der Waals surface area contributed by atoms with Crippen molar-refractivity contribution in [3.63, 3.8) is 0 Å². The van der Waals surface area contributed by atoms with Crippen molar-refractivity contribution in [1.82, 2.24) is 15.3 Å². The van der Waals surface area contributed by atoms with E-state index in [1.165, 1.54) is 11.8 Å². The standard InChI is InChI=1S/C28H26Cl2N4O4/c1-17-13-25(37-15-19-7-4-5-12-31-19)20-8-6-9-24(28(20)33-17)38-16-21-22(29)10-11-23(27(21)30)34(3)26(36)14-32-18(2)35/h4-13H,14-16H2,1-3H3,(H,32,35). The number of carbonyl (C=O) groups excluding carboxylic acids is 2. The minimum absolute atomic E-state index is 0.0398. The number of nitrogens with one attached hydrogen (secondary N) is 1. The third-order valence-electron chi connectivity index (χ3n) is 5.76. The lowest BCUT2D eigenvalue weighted by Crippen LogP contribution is -2.37. The highest BCUT2D eigenvalue weighted by Gasteiger charge is 2.19. The van der Waals surface area contributed by atoms with Gasteiger partial charge in [0.05, 0.1) is 22.9 Å². The van der Waals surface area contributed by atoms with Gasteiger partial charge >= 0.3 is 0 Å². The van der Waals surface area contributed by atoms with Gasteiger partial charge in [-0.3, -0.25) is 14.6 Å². The van der Waals surface area contributed by atoms with E-state index in [0.717, 1.165) is 16.8 Å². The fraction of sp³-hybridized carbons (Fsp3) is 0.214. The lowest BCUT2D eigenvalue weighted by Gasteiger charge is -2.21. The van der Waals surface area contributed by atoms with E-state index in [-0.39, 0.29) is 30.0 Å². The summed E-state index contributed by atoms with van der Waals surface area (Å²) >= 11 is 13.1. The van der Waals surface area contributed by atoms with Gasteiger partial charge in [-0.2, -0.15) is 0 Å². The fourth-order valence-corrected chi connectivity index (χ4v) is 4.37. The first-order valence-electron chi connectivity index (χ1n) is 11.8. The van der Waals surface area contributed by atoms with Crippen LogP contribution in [0.2, 0.25) is 10.0 Å². The molecule has 0 bridgehead atoms. The van der Waals surface area contributed by atoms with Crippen LogP contribution in [-0.2, 0) is 22.8 Å². The molecule has 0 fully saturated rings. The predicted molar refractivity (Wildman–Crippen MR) is 148 cm³/mol. The van der Waals surface area contributed by atoms with Crippen molar-refractivity contribution in [1.29, 1.82) is 0 Å². The van der Waals surface area contributed by atoms with Crippen molar-refractivity contribution < 1.29 is 19.1 Å². The maximum Gasteiger partial charge on any atom is 0.246 e. The largest absolute Gasteiger partial charge is 0.487 e. The molecule has 0 radical (unpaired) electrons. The van der Waals surface area contributed by atoms with E-state index in [1.54, 1.807) is 25.4 Å². The average molecular weight is 553 g/mol. The first-order valence-corrected chi connectivity index (χ1v) is 12.5. The van der Waals surface area contributed by atoms with Gasteiger partial charge in [0, 0.05) is 47.9 Å². The van der Waals surface area contributed by atoms with Crippen LogP contribution >= 0.6 is 23.2 Å². The molecule has 0 saturated heterocycles. The summed E-state index contributed by atoms with van der Waals surface area (Å²) in [5.41, 5.74) is 3.17. The highest BCUT2D eigenvalue weighted by molar-refractivity contribution is 6.38. The second-order valence-corrected chi connectivity index (χ2v) is 9.32. The molecule has 10 heteroatoms. The molecule has 4 aromatic rings. The van der Waals surface area contributed by atoms with Crippen LogP contribution in [-0.4, -0.2) is 35.4 Å². The monoisotopic (exact) mass is 552 g/mol. The van der Waals surface area contributed by atoms with Crippen LogP contribution in [0.25, 0.3) is 10.9 Å². The number of pyridine rings is 2. The Balaban J connectivity index is 1.57. The van der Waals surface area contributed by atoms with Crippen molar-refractivity contribution in [2.75, 3.05) is 18.5 Å². The van der Waals surface area contributed by atoms with Crippen molar-refractivity contribution >= 4 is 51.6 Å². The van der Waals surface area contributed by atoms with Crippen LogP contribution in [0.15, 0.2) is 60.8 Å². The Morgan fingerprint density at radius 3 is 2.53 bits per heavy atom. The SMILES string of the molecule is CC(=O)NCC(=O)N(C)c1ccc(Cl)c(COc2cccc3c(OCc4ccccn4)cc(C)nc23)c1Cl. The van der Waals surface area contributed by atoms with Crippen LogP contribution in [0.1, 0.15) is 23.9 Å². The molecule has 2 amide bonds. The zero-order valence-corrected chi connectivity index (χ0v) is 22.6. The Labute approximate surface area is 230 Å². The van der Waals surface area contributed by atoms with Crippen molar-refractivity contribution in [3.8, 4) is 11.5 Å². The molecule has 0 unspecified atom stereocenters. The molecule has 38 heavy (non-hydrogen) atoms. The molecule has 0 aliphatic rings. The number of anilines is 1. The van der Waals surface area contributed by atoms with Gasteiger partial charge in [-0.1, -0.05) is 35.3 Å². The molecule has 0 aliphatic heterocycles. The number of nitrogens with zero attached hydrogens (tertiary/aromatic N) is 3. The van der Waals surface area contributed by atoms with E-state index in [0.29, 0.717) is 39.9 Å². The highest BCUT2D eigenvalue weighted by atomic mass is 35.5. The van der Waals surface area contributed by atoms with Crippen LogP contribution in [0.5, 0.6) is 11.5 Å². The first-order chi connectivity index (χ1) is 18.2. The fourth-order valence-electron chi connectivity index (χ4n) is 3.76. The van der Waals surface area contributed by atoms with E-state index in [2.05, 4.69) is 15.3 Å². The van der Waals surface area contributed by atoms with Gasteiger partial charge in [-0.25, -0.2) is 4.98 Å². The van der Waals surface area contributed by atoms with Gasteiger partial charge in [-0.15, -0.1) is 0 Å². The molecule has 2 aromatic carbocycles. The second-order valence-electron chi connectivity index (χ2n) is 8.53. The second kappa shape index (κ2) is 12.1. The molecule has 196 valence electrons. The lowest BCUT2D eigenvalue weighted by molar-refractivity contribution is -0.123. The number of hydrogen-bond donors (Lipinski definition) is 1. The molecule has 8 nitrogen and oxygen atoms in total. The van der Waals surface area contributed by atoms with Gasteiger partial charge in [0.2, 0.25) is 11.8 Å². The number of benzene rings is 2. The number of aromatic nitrogens is 2. The topological polar surface area (TPSA) is 93.7 Å². The maximum absolute atomic E-state index is 12.5. The van der Waals surface area contributed by atoms with Gasteiger partial charge in [0.25, 0.3) is 0 Å². The Morgan fingerprint density at radius 1 is 1.00 bits per heavy atom. The number of aryl methyl sites for hydroxylation is 1. The zero-order valence-electron chi connectivity index (χ0n) is 21.1. The smallest absolute Gasteiger partial charge is 0.246 e. The number of fused-ring (bicyclic) bond motifs is 1. The van der Waals surface area contributed by atoms with Gasteiger partial charge in [0.1, 0.15) is 30.2 Å². The summed E-state index contributed by atoms with van der Waals surface area (Å²) in [6, 6.07) is 16.4. The number of para-hydroxylation sites is 1. The quantitative estimate of drug-likeness (QED) is 0.294. The van der Waals surface area contributed by atoms with E-state index in [1.807, 2.05) is 49.4 Å². The number of amides is 2. The Hall–Kier alpha value is -3.88. The summed E-state index contributed by atoms with van der Waals surface area (Å²) in [5.74, 6) is 0.568. The minimum atomic E-state index is -0.330. The van der Waals surface area contributed by atoms with Crippen LogP contribution < -0.4 is 19.7 Å². The van der Waals surface area contributed by atoms with E-state index in [9.17, 15) is 9.59 Å². The number of likely N-dealkylation sites (N-methyl/N-ethyl adjacent to an activating group) is 1. The lowest BCUT2D eigenvalue weighted by atomic mass is 10.1. The number of hydrogen-bond acceptors (Lipinski definition) is 6. The molecule has 0 atom stereocenters. The van der Waals surface area contributed by atoms with Crippen molar-refractivity contribution in [3.05, 3.63) is 87.8 Å². The van der Waals surface area contributed by atoms with Gasteiger partial charge in [0.15, 0.2) is 0 Å². The Morgan fingerprint density at radius 2 is 1.79 bits per heavy atom. The molecular weight excluding hydrogens is 527 g/mol. The molecule has 0 spiro atoms. The van der Waals surface area contributed by atoms with E-state index < -0.39 is 0 Å². The van der Waals surface area contributed by atoms with Crippen LogP contribution in [0.4, 0.5) is 5.69 Å². The molecule has 0 saturated carbocycles. The molecular formula is C28H26Cl2N4O4. The van der Waals surface area contributed by atoms with Crippen molar-refractivity contribution in [2.24, 2.45) is 0 Å². The van der Waals surface area contributed by atoms with E-state index >= 15 is 0 Å². The molecule has 2 heterocycles. The highest BCUT2D eigenvalue weighted by Crippen LogP contribution is 2.36. The van der Waals surface area contributed by atoms with Gasteiger partial charge < -0.3 is 19.7 Å². The summed E-state index contributed by atoms with van der Waals surface area (Å²) in [6.07, 6.45) is 1.72. The average Bonchev–Trinajstić information content (AvgIpc) is 2.90. The molecule has 1 N–H and O–H groups in total. The normalized spacial score (nSPS) is 10.8. The first kappa shape index (κ1) is 27.2. The third-order valence-corrected chi connectivity index (χ3v) is 6.53. The molecule has 4 rings (SSSR count). The maximum atomic E-state index is 12.5. The zero-order chi connectivity index (χ0) is 27.2. The summed E-state index contributed by atoms with van der Waals surface area (Å²) < 4.78 is 12.2. The third kappa shape index (κ3) is 6.33. The number of carbonyl (C=O) groups is 2. The Kier molecular flexibility index (Phi) is 8.66. The van der Waals surface area contributed by atoms with Crippen molar-refractivity contribution in [2.45, 2.75) is 27.1 Å². The summed E-state index contributed by atoms with van der Waals surface area (Å²) in [5, 5.41) is 3.95. The number of ether oxygens (including phenoxy) is 2. The Bertz CT molecular complexity index is 1480. The molecule has 2 aromatic heterocycles. The van der Waals surface area contributed by atoms with E-state index in [4.69, 9.17) is 32.7 Å². The minimum Gasteiger partial charge on any atom is -0.487 e. The number of halogens is 2. The predicted octanol–water partition coefficient (Wildman–Crippen LogP) is 5.50. The molecule has 0 aliphatic carbocycles. The van der Waals surface area contributed by atoms with Crippen LogP contribution in [0, 0.1) is 6.92 Å². The van der Waals surface area contributed by atoms with Gasteiger partial charge in [-0.05, 0) is 43.3 Å². The summed E-state index contributed by atoms with van der Waals surface area (Å²) in [7, 11) is 1.58. The van der Waals surface area contributed by atoms with Crippen LogP contribution in [0.3, 0.4) is 0 Å².